The second-order valence-corrected chi connectivity index (χ2v) is 5.31. The lowest BCUT2D eigenvalue weighted by atomic mass is 9.83. The number of aryl methyl sites for hydroxylation is 1. The summed E-state index contributed by atoms with van der Waals surface area (Å²) in [4.78, 5) is 11.6. The maximum Gasteiger partial charge on any atom is 0.311 e. The molecule has 1 rings (SSSR count). The van der Waals surface area contributed by atoms with Crippen molar-refractivity contribution in [1.29, 1.82) is 0 Å². The van der Waals surface area contributed by atoms with Crippen LogP contribution < -0.4 is 5.73 Å². The number of rotatable bonds is 4. The average molecular weight is 271 g/mol. The number of hydrogen-bond donors (Lipinski definition) is 1. The van der Waals surface area contributed by atoms with Crippen LogP contribution in [0.4, 0.5) is 8.78 Å². The minimum absolute atomic E-state index is 0.0695. The fourth-order valence-electron chi connectivity index (χ4n) is 1.97. The molecule has 0 heterocycles. The molecule has 0 aliphatic carbocycles. The van der Waals surface area contributed by atoms with Gasteiger partial charge in [-0.15, -0.1) is 0 Å². The minimum atomic E-state index is -0.859. The molecule has 1 aromatic rings. The van der Waals surface area contributed by atoms with Crippen molar-refractivity contribution in [3.05, 3.63) is 34.9 Å². The highest BCUT2D eigenvalue weighted by Gasteiger charge is 2.32. The monoisotopic (exact) mass is 271 g/mol. The lowest BCUT2D eigenvalue weighted by molar-refractivity contribution is -0.151. The highest BCUT2D eigenvalue weighted by Crippen LogP contribution is 2.31. The predicted octanol–water partition coefficient (Wildman–Crippen LogP) is 2.86. The molecule has 2 N–H and O–H groups in total. The molecule has 0 aliphatic rings. The summed E-state index contributed by atoms with van der Waals surface area (Å²) in [7, 11) is 1.28. The van der Waals surface area contributed by atoms with E-state index in [1.54, 1.807) is 13.8 Å². The first-order chi connectivity index (χ1) is 8.69. The third-order valence-corrected chi connectivity index (χ3v) is 3.15. The molecule has 0 spiro atoms. The molecule has 0 aromatic heterocycles. The standard InChI is InChI=1S/C14H19F2NO2/c1-8-5-11(16)9(6-10(8)15)12(17)7-14(2,3)13(18)19-4/h5-6,12H,7,17H2,1-4H3. The van der Waals surface area contributed by atoms with Crippen LogP contribution >= 0.6 is 0 Å². The fraction of sp³-hybridized carbons (Fsp3) is 0.500. The van der Waals surface area contributed by atoms with E-state index in [2.05, 4.69) is 4.74 Å². The fourth-order valence-corrected chi connectivity index (χ4v) is 1.97. The van der Waals surface area contributed by atoms with Gasteiger partial charge in [0, 0.05) is 11.6 Å². The van der Waals surface area contributed by atoms with Gasteiger partial charge in [0.15, 0.2) is 0 Å². The van der Waals surface area contributed by atoms with Gasteiger partial charge in [0.1, 0.15) is 11.6 Å². The zero-order valence-corrected chi connectivity index (χ0v) is 11.6. The molecular weight excluding hydrogens is 252 g/mol. The summed E-state index contributed by atoms with van der Waals surface area (Å²) >= 11 is 0. The highest BCUT2D eigenvalue weighted by molar-refractivity contribution is 5.75. The van der Waals surface area contributed by atoms with Crippen molar-refractivity contribution in [3.8, 4) is 0 Å². The molecule has 0 fully saturated rings. The van der Waals surface area contributed by atoms with Crippen LogP contribution in [0.3, 0.4) is 0 Å². The largest absolute Gasteiger partial charge is 0.469 e. The molecule has 0 saturated carbocycles. The number of carbonyl (C=O) groups is 1. The third-order valence-electron chi connectivity index (χ3n) is 3.15. The van der Waals surface area contributed by atoms with Gasteiger partial charge < -0.3 is 10.5 Å². The minimum Gasteiger partial charge on any atom is -0.469 e. The number of methoxy groups -OCH3 is 1. The molecule has 106 valence electrons. The maximum atomic E-state index is 13.8. The van der Waals surface area contributed by atoms with Gasteiger partial charge >= 0.3 is 5.97 Å². The van der Waals surface area contributed by atoms with E-state index in [-0.39, 0.29) is 17.5 Å². The number of carbonyl (C=O) groups excluding carboxylic acids is 1. The molecule has 19 heavy (non-hydrogen) atoms. The number of nitrogens with two attached hydrogens (primary N) is 1. The zero-order valence-electron chi connectivity index (χ0n) is 11.6. The van der Waals surface area contributed by atoms with Gasteiger partial charge in [-0.05, 0) is 44.9 Å². The second kappa shape index (κ2) is 5.65. The quantitative estimate of drug-likeness (QED) is 0.857. The molecule has 0 radical (unpaired) electrons. The van der Waals surface area contributed by atoms with Crippen molar-refractivity contribution in [2.75, 3.05) is 7.11 Å². The van der Waals surface area contributed by atoms with Gasteiger partial charge in [0.2, 0.25) is 0 Å². The van der Waals surface area contributed by atoms with Crippen molar-refractivity contribution < 1.29 is 18.3 Å². The van der Waals surface area contributed by atoms with Crippen molar-refractivity contribution in [2.45, 2.75) is 33.2 Å². The molecule has 1 aromatic carbocycles. The Bertz CT molecular complexity index is 487. The second-order valence-electron chi connectivity index (χ2n) is 5.31. The molecule has 0 aliphatic heterocycles. The lowest BCUT2D eigenvalue weighted by Crippen LogP contribution is -2.30. The lowest BCUT2D eigenvalue weighted by Gasteiger charge is -2.25. The van der Waals surface area contributed by atoms with E-state index in [9.17, 15) is 13.6 Å². The summed E-state index contributed by atoms with van der Waals surface area (Å²) in [6, 6.07) is 1.42. The van der Waals surface area contributed by atoms with Crippen molar-refractivity contribution in [2.24, 2.45) is 11.1 Å². The number of hydrogen-bond acceptors (Lipinski definition) is 3. The Morgan fingerprint density at radius 2 is 1.95 bits per heavy atom. The molecule has 5 heteroatoms. The molecular formula is C14H19F2NO2. The Kier molecular flexibility index (Phi) is 4.63. The van der Waals surface area contributed by atoms with Crippen LogP contribution in [-0.4, -0.2) is 13.1 Å². The molecule has 0 bridgehead atoms. The van der Waals surface area contributed by atoms with E-state index in [1.165, 1.54) is 14.0 Å². The first-order valence-corrected chi connectivity index (χ1v) is 5.98. The normalized spacial score (nSPS) is 13.2. The summed E-state index contributed by atoms with van der Waals surface area (Å²) in [5.41, 5.74) is 5.31. The number of benzene rings is 1. The van der Waals surface area contributed by atoms with Gasteiger partial charge in [-0.1, -0.05) is 0 Å². The van der Waals surface area contributed by atoms with E-state index in [0.717, 1.165) is 12.1 Å². The van der Waals surface area contributed by atoms with Crippen molar-refractivity contribution >= 4 is 5.97 Å². The number of esters is 1. The third kappa shape index (κ3) is 3.50. The summed E-state index contributed by atoms with van der Waals surface area (Å²) in [6.45, 7) is 4.79. The van der Waals surface area contributed by atoms with E-state index >= 15 is 0 Å². The average Bonchev–Trinajstić information content (AvgIpc) is 2.31. The highest BCUT2D eigenvalue weighted by atomic mass is 19.1. The number of ether oxygens (including phenoxy) is 1. The van der Waals surface area contributed by atoms with Crippen molar-refractivity contribution in [3.63, 3.8) is 0 Å². The molecule has 1 unspecified atom stereocenters. The first kappa shape index (κ1) is 15.6. The summed E-state index contributed by atoms with van der Waals surface area (Å²) in [5, 5.41) is 0. The molecule has 0 amide bonds. The van der Waals surface area contributed by atoms with E-state index in [4.69, 9.17) is 5.73 Å². The Labute approximate surface area is 111 Å². The van der Waals surface area contributed by atoms with Crippen LogP contribution in [0, 0.1) is 24.0 Å². The van der Waals surface area contributed by atoms with Crippen LogP contribution in [0.1, 0.15) is 37.4 Å². The van der Waals surface area contributed by atoms with Gasteiger partial charge in [0.25, 0.3) is 0 Å². The number of halogens is 2. The van der Waals surface area contributed by atoms with Gasteiger partial charge in [-0.2, -0.15) is 0 Å². The van der Waals surface area contributed by atoms with Gasteiger partial charge in [-0.25, -0.2) is 8.78 Å². The van der Waals surface area contributed by atoms with E-state index in [1.807, 2.05) is 0 Å². The Morgan fingerprint density at radius 1 is 1.37 bits per heavy atom. The topological polar surface area (TPSA) is 52.3 Å². The van der Waals surface area contributed by atoms with Crippen LogP contribution in [0.15, 0.2) is 12.1 Å². The Morgan fingerprint density at radius 3 is 2.47 bits per heavy atom. The smallest absolute Gasteiger partial charge is 0.311 e. The molecule has 1 atom stereocenters. The zero-order chi connectivity index (χ0) is 14.8. The molecule has 3 nitrogen and oxygen atoms in total. The summed E-state index contributed by atoms with van der Waals surface area (Å²) in [6.07, 6.45) is 0.166. The molecule has 0 saturated heterocycles. The van der Waals surface area contributed by atoms with Gasteiger partial charge in [-0.3, -0.25) is 4.79 Å². The van der Waals surface area contributed by atoms with E-state index < -0.39 is 29.1 Å². The van der Waals surface area contributed by atoms with Crippen LogP contribution in [-0.2, 0) is 9.53 Å². The first-order valence-electron chi connectivity index (χ1n) is 5.98. The SMILES string of the molecule is COC(=O)C(C)(C)CC(N)c1cc(F)c(C)cc1F. The maximum absolute atomic E-state index is 13.8. The summed E-state index contributed by atoms with van der Waals surface area (Å²) in [5.74, 6) is -1.51. The van der Waals surface area contributed by atoms with Crippen LogP contribution in [0.5, 0.6) is 0 Å². The Hall–Kier alpha value is -1.49. The predicted molar refractivity (Wildman–Crippen MR) is 68.4 cm³/mol. The van der Waals surface area contributed by atoms with Crippen LogP contribution in [0.25, 0.3) is 0 Å². The summed E-state index contributed by atoms with van der Waals surface area (Å²) < 4.78 is 31.9. The van der Waals surface area contributed by atoms with Crippen molar-refractivity contribution in [1.82, 2.24) is 0 Å². The van der Waals surface area contributed by atoms with Gasteiger partial charge in [0.05, 0.1) is 12.5 Å². The Balaban J connectivity index is 2.99. The van der Waals surface area contributed by atoms with E-state index in [0.29, 0.717) is 0 Å². The van der Waals surface area contributed by atoms with Crippen LogP contribution in [0.2, 0.25) is 0 Å².